The number of nitrogens with zero attached hydrogens (tertiary/aromatic N) is 1. The highest BCUT2D eigenvalue weighted by molar-refractivity contribution is 5.74. The van der Waals surface area contributed by atoms with Gasteiger partial charge in [-0.1, -0.05) is 17.7 Å². The Kier molecular flexibility index (Phi) is 5.26. The summed E-state index contributed by atoms with van der Waals surface area (Å²) in [5.41, 5.74) is 2.32. The molecule has 1 aromatic carbocycles. The van der Waals surface area contributed by atoms with Crippen molar-refractivity contribution in [3.63, 3.8) is 0 Å². The van der Waals surface area contributed by atoms with Gasteiger partial charge in [0.25, 0.3) is 0 Å². The number of hydrogen-bond acceptors (Lipinski definition) is 4. The number of benzene rings is 1. The molecular weight excluding hydrogens is 308 g/mol. The molecule has 6 heteroatoms. The first-order chi connectivity index (χ1) is 11.6. The third-order valence-electron chi connectivity index (χ3n) is 4.59. The van der Waals surface area contributed by atoms with Crippen LogP contribution in [0.2, 0.25) is 0 Å². The Morgan fingerprint density at radius 3 is 2.62 bits per heavy atom. The molecule has 0 saturated carbocycles. The van der Waals surface area contributed by atoms with E-state index in [2.05, 4.69) is 18.3 Å². The van der Waals surface area contributed by atoms with Gasteiger partial charge in [0.15, 0.2) is 5.79 Å². The lowest BCUT2D eigenvalue weighted by Gasteiger charge is -2.37. The fourth-order valence-electron chi connectivity index (χ4n) is 3.23. The number of nitrogens with one attached hydrogen (secondary N) is 1. The SMILES string of the molecule is Cc1ccc(OCCNC(=O)N2CCC3(CC2)OCCO3)c(C)c1. The highest BCUT2D eigenvalue weighted by Gasteiger charge is 2.40. The zero-order chi connectivity index (χ0) is 17.0. The van der Waals surface area contributed by atoms with E-state index in [-0.39, 0.29) is 6.03 Å². The summed E-state index contributed by atoms with van der Waals surface area (Å²) < 4.78 is 17.1. The van der Waals surface area contributed by atoms with E-state index in [0.29, 0.717) is 39.5 Å². The van der Waals surface area contributed by atoms with Crippen molar-refractivity contribution in [1.82, 2.24) is 10.2 Å². The molecule has 2 aliphatic rings. The number of carbonyl (C=O) groups excluding carboxylic acids is 1. The summed E-state index contributed by atoms with van der Waals surface area (Å²) in [7, 11) is 0. The molecule has 0 atom stereocenters. The van der Waals surface area contributed by atoms with Crippen molar-refractivity contribution in [3.8, 4) is 5.75 Å². The van der Waals surface area contributed by atoms with Crippen LogP contribution in [0.5, 0.6) is 5.75 Å². The van der Waals surface area contributed by atoms with Crippen LogP contribution in [-0.4, -0.2) is 56.2 Å². The van der Waals surface area contributed by atoms with E-state index in [1.807, 2.05) is 24.0 Å². The minimum Gasteiger partial charge on any atom is -0.491 e. The molecule has 2 saturated heterocycles. The normalized spacial score (nSPS) is 19.5. The Morgan fingerprint density at radius 2 is 1.96 bits per heavy atom. The van der Waals surface area contributed by atoms with Crippen LogP contribution in [-0.2, 0) is 9.47 Å². The smallest absolute Gasteiger partial charge is 0.317 e. The Balaban J connectivity index is 1.37. The molecule has 2 amide bonds. The lowest BCUT2D eigenvalue weighted by molar-refractivity contribution is -0.181. The predicted octanol–water partition coefficient (Wildman–Crippen LogP) is 2.23. The van der Waals surface area contributed by atoms with Crippen LogP contribution < -0.4 is 10.1 Å². The minimum absolute atomic E-state index is 0.0490. The maximum absolute atomic E-state index is 12.2. The van der Waals surface area contributed by atoms with Crippen molar-refractivity contribution in [1.29, 1.82) is 0 Å². The zero-order valence-corrected chi connectivity index (χ0v) is 14.5. The van der Waals surface area contributed by atoms with E-state index >= 15 is 0 Å². The first-order valence-electron chi connectivity index (χ1n) is 8.59. The number of amides is 2. The molecule has 0 radical (unpaired) electrons. The highest BCUT2D eigenvalue weighted by atomic mass is 16.7. The second kappa shape index (κ2) is 7.40. The van der Waals surface area contributed by atoms with Crippen molar-refractivity contribution in [2.45, 2.75) is 32.5 Å². The number of aryl methyl sites for hydroxylation is 2. The van der Waals surface area contributed by atoms with E-state index in [9.17, 15) is 4.79 Å². The van der Waals surface area contributed by atoms with Gasteiger partial charge in [-0.15, -0.1) is 0 Å². The number of rotatable bonds is 4. The van der Waals surface area contributed by atoms with Crippen LogP contribution in [0.1, 0.15) is 24.0 Å². The van der Waals surface area contributed by atoms with E-state index in [1.54, 1.807) is 0 Å². The van der Waals surface area contributed by atoms with E-state index in [1.165, 1.54) is 5.56 Å². The molecule has 2 aliphatic heterocycles. The molecule has 0 unspecified atom stereocenters. The maximum Gasteiger partial charge on any atom is 0.317 e. The van der Waals surface area contributed by atoms with Crippen molar-refractivity contribution < 1.29 is 19.0 Å². The second-order valence-electron chi connectivity index (χ2n) is 6.44. The van der Waals surface area contributed by atoms with Crippen molar-refractivity contribution in [2.24, 2.45) is 0 Å². The maximum atomic E-state index is 12.2. The lowest BCUT2D eigenvalue weighted by atomic mass is 10.0. The molecule has 3 rings (SSSR count). The number of hydrogen-bond donors (Lipinski definition) is 1. The van der Waals surface area contributed by atoms with Gasteiger partial charge in [0.1, 0.15) is 12.4 Å². The molecule has 1 aromatic rings. The van der Waals surface area contributed by atoms with Crippen molar-refractivity contribution >= 4 is 6.03 Å². The monoisotopic (exact) mass is 334 g/mol. The van der Waals surface area contributed by atoms with Gasteiger partial charge in [-0.2, -0.15) is 0 Å². The van der Waals surface area contributed by atoms with E-state index < -0.39 is 5.79 Å². The summed E-state index contributed by atoms with van der Waals surface area (Å²) in [5.74, 6) is 0.424. The van der Waals surface area contributed by atoms with E-state index in [0.717, 1.165) is 24.2 Å². The zero-order valence-electron chi connectivity index (χ0n) is 14.5. The van der Waals surface area contributed by atoms with Crippen LogP contribution in [0.3, 0.4) is 0 Å². The Labute approximate surface area is 143 Å². The summed E-state index contributed by atoms with van der Waals surface area (Å²) in [4.78, 5) is 14.0. The topological polar surface area (TPSA) is 60.0 Å². The molecule has 1 N–H and O–H groups in total. The molecule has 2 heterocycles. The standard InChI is InChI=1S/C18H26N2O4/c1-14-3-4-16(15(2)13-14)22-10-7-19-17(21)20-8-5-18(6-9-20)23-11-12-24-18/h3-4,13H,5-12H2,1-2H3,(H,19,21). The van der Waals surface area contributed by atoms with Gasteiger partial charge in [0.05, 0.1) is 19.8 Å². The Hall–Kier alpha value is -1.79. The minimum atomic E-state index is -0.442. The van der Waals surface area contributed by atoms with Crippen LogP contribution >= 0.6 is 0 Å². The summed E-state index contributed by atoms with van der Waals surface area (Å²) in [5, 5.41) is 2.91. The van der Waals surface area contributed by atoms with Gasteiger partial charge in [-0.25, -0.2) is 4.79 Å². The summed E-state index contributed by atoms with van der Waals surface area (Å²) in [6, 6.07) is 6.03. The fourth-order valence-corrected chi connectivity index (χ4v) is 3.23. The summed E-state index contributed by atoms with van der Waals surface area (Å²) in [6.45, 7) is 7.65. The summed E-state index contributed by atoms with van der Waals surface area (Å²) >= 11 is 0. The molecule has 1 spiro atoms. The molecule has 0 aromatic heterocycles. The van der Waals surface area contributed by atoms with Crippen LogP contribution in [0.4, 0.5) is 4.79 Å². The molecule has 0 bridgehead atoms. The van der Waals surface area contributed by atoms with Crippen molar-refractivity contribution in [2.75, 3.05) is 39.5 Å². The van der Waals surface area contributed by atoms with Crippen LogP contribution in [0.25, 0.3) is 0 Å². The van der Waals surface area contributed by atoms with E-state index in [4.69, 9.17) is 14.2 Å². The number of ether oxygens (including phenoxy) is 3. The molecule has 24 heavy (non-hydrogen) atoms. The van der Waals surface area contributed by atoms with Gasteiger partial charge >= 0.3 is 6.03 Å². The number of likely N-dealkylation sites (tertiary alicyclic amines) is 1. The average Bonchev–Trinajstić information content (AvgIpc) is 3.02. The predicted molar refractivity (Wildman–Crippen MR) is 90.3 cm³/mol. The van der Waals surface area contributed by atoms with Crippen LogP contribution in [0.15, 0.2) is 18.2 Å². The largest absolute Gasteiger partial charge is 0.491 e. The molecule has 6 nitrogen and oxygen atoms in total. The first kappa shape index (κ1) is 17.0. The Morgan fingerprint density at radius 1 is 1.25 bits per heavy atom. The highest BCUT2D eigenvalue weighted by Crippen LogP contribution is 2.31. The van der Waals surface area contributed by atoms with Gasteiger partial charge in [0, 0.05) is 25.9 Å². The lowest BCUT2D eigenvalue weighted by Crippen LogP contribution is -2.50. The number of piperidine rings is 1. The van der Waals surface area contributed by atoms with Gasteiger partial charge in [-0.3, -0.25) is 0 Å². The third-order valence-corrected chi connectivity index (χ3v) is 4.59. The average molecular weight is 334 g/mol. The molecule has 0 aliphatic carbocycles. The third kappa shape index (κ3) is 3.99. The number of carbonyl (C=O) groups is 1. The second-order valence-corrected chi connectivity index (χ2v) is 6.44. The Bertz CT molecular complexity index is 574. The molecule has 132 valence electrons. The number of urea groups is 1. The van der Waals surface area contributed by atoms with Crippen molar-refractivity contribution in [3.05, 3.63) is 29.3 Å². The molecule has 2 fully saturated rings. The van der Waals surface area contributed by atoms with Gasteiger partial charge in [-0.05, 0) is 25.5 Å². The molecular formula is C18H26N2O4. The fraction of sp³-hybridized carbons (Fsp3) is 0.611. The first-order valence-corrected chi connectivity index (χ1v) is 8.59. The van der Waals surface area contributed by atoms with Crippen LogP contribution in [0, 0.1) is 13.8 Å². The van der Waals surface area contributed by atoms with Gasteiger partial charge < -0.3 is 24.4 Å². The quantitative estimate of drug-likeness (QED) is 0.858. The van der Waals surface area contributed by atoms with Gasteiger partial charge in [0.2, 0.25) is 0 Å². The summed E-state index contributed by atoms with van der Waals surface area (Å²) in [6.07, 6.45) is 1.47.